The summed E-state index contributed by atoms with van der Waals surface area (Å²) in [6.45, 7) is 1.90. The van der Waals surface area contributed by atoms with Crippen LogP contribution in [0.3, 0.4) is 0 Å². The molecule has 136 valence electrons. The minimum absolute atomic E-state index is 0.0998. The van der Waals surface area contributed by atoms with Crippen molar-refractivity contribution in [3.05, 3.63) is 58.1 Å². The summed E-state index contributed by atoms with van der Waals surface area (Å²) in [7, 11) is 1.55. The third kappa shape index (κ3) is 3.88. The number of amides is 1. The Hall–Kier alpha value is -3.04. The van der Waals surface area contributed by atoms with Gasteiger partial charge in [0.1, 0.15) is 6.61 Å². The van der Waals surface area contributed by atoms with Gasteiger partial charge in [-0.1, -0.05) is 34.0 Å². The second-order valence-electron chi connectivity index (χ2n) is 5.71. The molecular weight excluding hydrogens is 408 g/mol. The van der Waals surface area contributed by atoms with Crippen molar-refractivity contribution in [2.24, 2.45) is 5.10 Å². The van der Waals surface area contributed by atoms with Gasteiger partial charge < -0.3 is 9.47 Å². The molecule has 0 radical (unpaired) electrons. The molecule has 27 heavy (non-hydrogen) atoms. The van der Waals surface area contributed by atoms with E-state index in [1.54, 1.807) is 26.2 Å². The highest BCUT2D eigenvalue weighted by Gasteiger charge is 2.29. The van der Waals surface area contributed by atoms with Crippen molar-refractivity contribution in [3.8, 4) is 23.8 Å². The van der Waals surface area contributed by atoms with Gasteiger partial charge in [0.25, 0.3) is 5.91 Å². The number of hydrogen-bond acceptors (Lipinski definition) is 4. The minimum atomic E-state index is -0.208. The summed E-state index contributed by atoms with van der Waals surface area (Å²) < 4.78 is 11.9. The molecule has 5 nitrogen and oxygen atoms in total. The molecule has 1 aliphatic rings. The molecule has 3 rings (SSSR count). The summed E-state index contributed by atoms with van der Waals surface area (Å²) >= 11 is 3.39. The first-order valence-electron chi connectivity index (χ1n) is 8.15. The molecule has 2 aromatic rings. The predicted octanol–water partition coefficient (Wildman–Crippen LogP) is 4.28. The lowest BCUT2D eigenvalue weighted by atomic mass is 10.1. The second-order valence-corrected chi connectivity index (χ2v) is 6.62. The van der Waals surface area contributed by atoms with Gasteiger partial charge in [0.15, 0.2) is 11.5 Å². The Morgan fingerprint density at radius 3 is 2.67 bits per heavy atom. The molecule has 0 unspecified atom stereocenters. The third-order valence-electron chi connectivity index (χ3n) is 3.96. The number of hydrogen-bond donors (Lipinski definition) is 0. The molecule has 6 heteroatoms. The number of nitrogens with zero attached hydrogens (tertiary/aromatic N) is 2. The number of para-hydroxylation sites is 1. The van der Waals surface area contributed by atoms with E-state index in [0.717, 1.165) is 4.47 Å². The van der Waals surface area contributed by atoms with Gasteiger partial charge in [-0.2, -0.15) is 10.1 Å². The average molecular weight is 425 g/mol. The predicted molar refractivity (Wildman–Crippen MR) is 110 cm³/mol. The van der Waals surface area contributed by atoms with Crippen molar-refractivity contribution in [3.63, 3.8) is 0 Å². The van der Waals surface area contributed by atoms with E-state index in [1.807, 2.05) is 36.4 Å². The average Bonchev–Trinajstić information content (AvgIpc) is 2.95. The third-order valence-corrected chi connectivity index (χ3v) is 4.49. The Bertz CT molecular complexity index is 972. The van der Waals surface area contributed by atoms with Crippen molar-refractivity contribution in [2.75, 3.05) is 18.7 Å². The van der Waals surface area contributed by atoms with Crippen molar-refractivity contribution in [2.45, 2.75) is 6.92 Å². The van der Waals surface area contributed by atoms with Crippen LogP contribution >= 0.6 is 15.9 Å². The van der Waals surface area contributed by atoms with Gasteiger partial charge >= 0.3 is 0 Å². The number of rotatable bonds is 5. The van der Waals surface area contributed by atoms with E-state index in [4.69, 9.17) is 15.9 Å². The van der Waals surface area contributed by atoms with Gasteiger partial charge in [-0.15, -0.1) is 6.42 Å². The van der Waals surface area contributed by atoms with Crippen LogP contribution in [0.4, 0.5) is 5.69 Å². The molecule has 2 aromatic carbocycles. The van der Waals surface area contributed by atoms with E-state index in [9.17, 15) is 4.79 Å². The van der Waals surface area contributed by atoms with Gasteiger partial charge in [-0.05, 0) is 43.3 Å². The largest absolute Gasteiger partial charge is 0.493 e. The summed E-state index contributed by atoms with van der Waals surface area (Å²) in [5.74, 6) is 3.27. The number of anilines is 1. The minimum Gasteiger partial charge on any atom is -0.493 e. The fourth-order valence-corrected chi connectivity index (χ4v) is 2.94. The van der Waals surface area contributed by atoms with E-state index in [-0.39, 0.29) is 12.5 Å². The molecule has 0 aliphatic carbocycles. The highest BCUT2D eigenvalue weighted by molar-refractivity contribution is 9.10. The quantitative estimate of drug-likeness (QED) is 0.531. The molecule has 1 aliphatic heterocycles. The number of ether oxygens (including phenoxy) is 2. The monoisotopic (exact) mass is 424 g/mol. The van der Waals surface area contributed by atoms with Gasteiger partial charge in [0.05, 0.1) is 24.1 Å². The van der Waals surface area contributed by atoms with Crippen LogP contribution in [0.1, 0.15) is 12.5 Å². The normalized spacial score (nSPS) is 14.9. The van der Waals surface area contributed by atoms with E-state index in [1.165, 1.54) is 5.01 Å². The topological polar surface area (TPSA) is 51.1 Å². The zero-order valence-corrected chi connectivity index (χ0v) is 16.5. The lowest BCUT2D eigenvalue weighted by molar-refractivity contribution is -0.114. The molecule has 0 saturated carbocycles. The summed E-state index contributed by atoms with van der Waals surface area (Å²) in [4.78, 5) is 12.9. The van der Waals surface area contributed by atoms with Gasteiger partial charge in [-0.25, -0.2) is 0 Å². The zero-order valence-electron chi connectivity index (χ0n) is 14.9. The Labute approximate surface area is 166 Å². The van der Waals surface area contributed by atoms with Crippen LogP contribution in [0, 0.1) is 12.3 Å². The molecule has 0 fully saturated rings. The second kappa shape index (κ2) is 8.11. The summed E-state index contributed by atoms with van der Waals surface area (Å²) in [6.07, 6.45) is 7.05. The highest BCUT2D eigenvalue weighted by Crippen LogP contribution is 2.34. The SMILES string of the molecule is C#CCOc1c(C=C2C(=O)N(c3ccc(Br)cc3)N=C2C)cccc1OC. The van der Waals surface area contributed by atoms with Crippen LogP contribution in [-0.4, -0.2) is 25.3 Å². The zero-order chi connectivity index (χ0) is 19.4. The van der Waals surface area contributed by atoms with Crippen molar-refractivity contribution in [1.29, 1.82) is 0 Å². The molecule has 0 bridgehead atoms. The molecule has 1 heterocycles. The lowest BCUT2D eigenvalue weighted by Gasteiger charge is -2.13. The molecule has 0 saturated heterocycles. The number of benzene rings is 2. The maximum absolute atomic E-state index is 12.9. The summed E-state index contributed by atoms with van der Waals surface area (Å²) in [5, 5.41) is 5.78. The highest BCUT2D eigenvalue weighted by atomic mass is 79.9. The van der Waals surface area contributed by atoms with Crippen LogP contribution in [0.2, 0.25) is 0 Å². The lowest BCUT2D eigenvalue weighted by Crippen LogP contribution is -2.21. The number of methoxy groups -OCH3 is 1. The van der Waals surface area contributed by atoms with Crippen molar-refractivity contribution >= 4 is 39.3 Å². The molecule has 1 amide bonds. The van der Waals surface area contributed by atoms with Gasteiger partial charge in [0, 0.05) is 10.0 Å². The van der Waals surface area contributed by atoms with E-state index in [0.29, 0.717) is 34.0 Å². The van der Waals surface area contributed by atoms with Crippen LogP contribution < -0.4 is 14.5 Å². The first-order chi connectivity index (χ1) is 13.0. The van der Waals surface area contributed by atoms with Gasteiger partial charge in [-0.3, -0.25) is 4.79 Å². The fraction of sp³-hybridized carbons (Fsp3) is 0.143. The molecule has 0 atom stereocenters. The Balaban J connectivity index is 1.98. The Kier molecular flexibility index (Phi) is 5.63. The first-order valence-corrected chi connectivity index (χ1v) is 8.95. The van der Waals surface area contributed by atoms with Crippen LogP contribution in [-0.2, 0) is 4.79 Å². The van der Waals surface area contributed by atoms with E-state index >= 15 is 0 Å². The number of halogens is 1. The number of carbonyl (C=O) groups is 1. The smallest absolute Gasteiger partial charge is 0.280 e. The van der Waals surface area contributed by atoms with Crippen LogP contribution in [0.5, 0.6) is 11.5 Å². The maximum Gasteiger partial charge on any atom is 0.280 e. The standard InChI is InChI=1S/C21H17BrN2O3/c1-4-12-27-20-15(6-5-7-19(20)26-3)13-18-14(2)23-24(21(18)25)17-10-8-16(22)9-11-17/h1,5-11,13H,12H2,2-3H3. The number of hydrazone groups is 1. The van der Waals surface area contributed by atoms with Crippen molar-refractivity contribution < 1.29 is 14.3 Å². The molecular formula is C21H17BrN2O3. The molecule has 0 aromatic heterocycles. The van der Waals surface area contributed by atoms with E-state index < -0.39 is 0 Å². The van der Waals surface area contributed by atoms with Crippen molar-refractivity contribution in [1.82, 2.24) is 0 Å². The number of terminal acetylenes is 1. The van der Waals surface area contributed by atoms with Crippen LogP contribution in [0.15, 0.2) is 57.6 Å². The van der Waals surface area contributed by atoms with E-state index in [2.05, 4.69) is 27.0 Å². The van der Waals surface area contributed by atoms with Crippen LogP contribution in [0.25, 0.3) is 6.08 Å². The number of carbonyl (C=O) groups excluding carboxylic acids is 1. The molecule has 0 N–H and O–H groups in total. The maximum atomic E-state index is 12.9. The van der Waals surface area contributed by atoms with Gasteiger partial charge in [0.2, 0.25) is 0 Å². The summed E-state index contributed by atoms with van der Waals surface area (Å²) in [6, 6.07) is 12.8. The summed E-state index contributed by atoms with van der Waals surface area (Å²) in [5.41, 5.74) is 2.49. The Morgan fingerprint density at radius 1 is 1.26 bits per heavy atom. The Morgan fingerprint density at radius 2 is 2.00 bits per heavy atom. The first kappa shape index (κ1) is 18.7. The molecule has 0 spiro atoms. The fourth-order valence-electron chi connectivity index (χ4n) is 2.67.